The van der Waals surface area contributed by atoms with Gasteiger partial charge < -0.3 is 10.2 Å². The van der Waals surface area contributed by atoms with E-state index in [9.17, 15) is 9.00 Å². The van der Waals surface area contributed by atoms with Gasteiger partial charge in [-0.3, -0.25) is 4.21 Å². The van der Waals surface area contributed by atoms with Gasteiger partial charge in [-0.25, -0.2) is 4.79 Å². The summed E-state index contributed by atoms with van der Waals surface area (Å²) in [7, 11) is -0.784. The van der Waals surface area contributed by atoms with Crippen molar-refractivity contribution in [1.82, 2.24) is 10.2 Å². The van der Waals surface area contributed by atoms with Gasteiger partial charge in [0, 0.05) is 41.9 Å². The highest BCUT2D eigenvalue weighted by molar-refractivity contribution is 7.84. The second-order valence-electron chi connectivity index (χ2n) is 3.67. The number of carbonyl (C=O) groups excluding carboxylic acids is 1. The van der Waals surface area contributed by atoms with Crippen LogP contribution in [0.15, 0.2) is 0 Å². The number of rotatable bonds is 4. The number of carbonyl (C=O) groups is 1. The molecule has 2 amide bonds. The molecule has 0 saturated carbocycles. The fraction of sp³-hybridized carbons (Fsp3) is 0.889. The zero-order valence-electron chi connectivity index (χ0n) is 8.78. The standard InChI is InChI=1S/C9H18N2O2S/c1-8(14(2)13)4-7-11-6-3-5-10-9(11)12/h8H,3-7H2,1-2H3,(H,10,12). The van der Waals surface area contributed by atoms with Crippen molar-refractivity contribution in [3.8, 4) is 0 Å². The van der Waals surface area contributed by atoms with Gasteiger partial charge in [-0.1, -0.05) is 6.92 Å². The Hall–Kier alpha value is -0.580. The summed E-state index contributed by atoms with van der Waals surface area (Å²) >= 11 is 0. The first-order chi connectivity index (χ1) is 6.61. The predicted molar refractivity (Wildman–Crippen MR) is 57.7 cm³/mol. The van der Waals surface area contributed by atoms with E-state index in [-0.39, 0.29) is 11.3 Å². The highest BCUT2D eigenvalue weighted by Gasteiger charge is 2.18. The normalized spacial score (nSPS) is 21.6. The van der Waals surface area contributed by atoms with Gasteiger partial charge in [0.05, 0.1) is 0 Å². The number of hydrogen-bond donors (Lipinski definition) is 1. The first-order valence-corrected chi connectivity index (χ1v) is 6.58. The molecule has 0 aromatic carbocycles. The second kappa shape index (κ2) is 5.34. The minimum atomic E-state index is -0.784. The van der Waals surface area contributed by atoms with E-state index in [0.717, 1.165) is 25.9 Å². The molecule has 0 aromatic heterocycles. The van der Waals surface area contributed by atoms with Gasteiger partial charge in [0.1, 0.15) is 0 Å². The molecule has 0 bridgehead atoms. The zero-order chi connectivity index (χ0) is 10.6. The summed E-state index contributed by atoms with van der Waals surface area (Å²) in [6, 6.07) is 0.0188. The van der Waals surface area contributed by atoms with Crippen molar-refractivity contribution in [3.05, 3.63) is 0 Å². The Labute approximate surface area is 87.5 Å². The summed E-state index contributed by atoms with van der Waals surface area (Å²) in [5, 5.41) is 2.97. The van der Waals surface area contributed by atoms with Crippen molar-refractivity contribution in [2.45, 2.75) is 25.0 Å². The Bertz CT molecular complexity index is 233. The van der Waals surface area contributed by atoms with Crippen molar-refractivity contribution < 1.29 is 9.00 Å². The lowest BCUT2D eigenvalue weighted by atomic mass is 10.2. The van der Waals surface area contributed by atoms with E-state index < -0.39 is 10.8 Å². The maximum Gasteiger partial charge on any atom is 0.317 e. The van der Waals surface area contributed by atoms with Crippen LogP contribution in [0.2, 0.25) is 0 Å². The van der Waals surface area contributed by atoms with Gasteiger partial charge >= 0.3 is 6.03 Å². The van der Waals surface area contributed by atoms with E-state index in [1.54, 1.807) is 11.2 Å². The third-order valence-electron chi connectivity index (χ3n) is 2.54. The van der Waals surface area contributed by atoms with Gasteiger partial charge in [0.2, 0.25) is 0 Å². The molecule has 0 aliphatic carbocycles. The quantitative estimate of drug-likeness (QED) is 0.749. The van der Waals surface area contributed by atoms with Gasteiger partial charge in [0.15, 0.2) is 0 Å². The summed E-state index contributed by atoms with van der Waals surface area (Å²) < 4.78 is 11.1. The van der Waals surface area contributed by atoms with Crippen LogP contribution in [0.5, 0.6) is 0 Å². The lowest BCUT2D eigenvalue weighted by Gasteiger charge is -2.28. The Morgan fingerprint density at radius 2 is 2.36 bits per heavy atom. The maximum absolute atomic E-state index is 11.3. The van der Waals surface area contributed by atoms with Crippen LogP contribution >= 0.6 is 0 Å². The molecule has 1 fully saturated rings. The van der Waals surface area contributed by atoms with Crippen LogP contribution in [-0.2, 0) is 10.8 Å². The third kappa shape index (κ3) is 3.29. The number of nitrogens with zero attached hydrogens (tertiary/aromatic N) is 1. The van der Waals surface area contributed by atoms with E-state index >= 15 is 0 Å². The molecule has 1 saturated heterocycles. The molecule has 2 unspecified atom stereocenters. The average molecular weight is 218 g/mol. The molecule has 1 aliphatic rings. The van der Waals surface area contributed by atoms with Crippen molar-refractivity contribution in [2.75, 3.05) is 25.9 Å². The van der Waals surface area contributed by atoms with Crippen LogP contribution in [0, 0.1) is 0 Å². The van der Waals surface area contributed by atoms with Gasteiger partial charge in [-0.05, 0) is 12.8 Å². The first-order valence-electron chi connectivity index (χ1n) is 4.96. The molecule has 0 spiro atoms. The smallest absolute Gasteiger partial charge is 0.317 e. The van der Waals surface area contributed by atoms with E-state index in [1.165, 1.54) is 0 Å². The molecular formula is C9H18N2O2S. The summed E-state index contributed by atoms with van der Waals surface area (Å²) in [6.45, 7) is 4.28. The number of hydrogen-bond acceptors (Lipinski definition) is 2. The van der Waals surface area contributed by atoms with Crippen molar-refractivity contribution in [3.63, 3.8) is 0 Å². The first kappa shape index (κ1) is 11.5. The third-order valence-corrected chi connectivity index (χ3v) is 3.91. The molecular weight excluding hydrogens is 200 g/mol. The monoisotopic (exact) mass is 218 g/mol. The number of urea groups is 1. The van der Waals surface area contributed by atoms with Gasteiger partial charge in [-0.2, -0.15) is 0 Å². The van der Waals surface area contributed by atoms with Gasteiger partial charge in [0.25, 0.3) is 0 Å². The zero-order valence-corrected chi connectivity index (χ0v) is 9.60. The largest absolute Gasteiger partial charge is 0.338 e. The van der Waals surface area contributed by atoms with Gasteiger partial charge in [-0.15, -0.1) is 0 Å². The molecule has 82 valence electrons. The molecule has 14 heavy (non-hydrogen) atoms. The molecule has 2 atom stereocenters. The molecule has 4 nitrogen and oxygen atoms in total. The maximum atomic E-state index is 11.3. The lowest BCUT2D eigenvalue weighted by molar-refractivity contribution is 0.185. The van der Waals surface area contributed by atoms with Crippen LogP contribution in [0.3, 0.4) is 0 Å². The van der Waals surface area contributed by atoms with E-state index in [2.05, 4.69) is 5.32 Å². The lowest BCUT2D eigenvalue weighted by Crippen LogP contribution is -2.47. The number of nitrogens with one attached hydrogen (secondary N) is 1. The summed E-state index contributed by atoms with van der Waals surface area (Å²) in [5.74, 6) is 0. The Balaban J connectivity index is 2.29. The van der Waals surface area contributed by atoms with E-state index in [4.69, 9.17) is 0 Å². The Kier molecular flexibility index (Phi) is 4.38. The predicted octanol–water partition coefficient (Wildman–Crippen LogP) is 0.559. The van der Waals surface area contributed by atoms with E-state index in [1.807, 2.05) is 6.92 Å². The minimum absolute atomic E-state index is 0.0188. The van der Waals surface area contributed by atoms with E-state index in [0.29, 0.717) is 6.54 Å². The molecule has 1 N–H and O–H groups in total. The number of amides is 2. The van der Waals surface area contributed by atoms with Crippen LogP contribution in [0.4, 0.5) is 4.79 Å². The molecule has 1 aliphatic heterocycles. The summed E-state index contributed by atoms with van der Waals surface area (Å²) in [6.07, 6.45) is 3.53. The van der Waals surface area contributed by atoms with Crippen LogP contribution in [0.1, 0.15) is 19.8 Å². The topological polar surface area (TPSA) is 49.4 Å². The summed E-state index contributed by atoms with van der Waals surface area (Å²) in [5.41, 5.74) is 0. The van der Waals surface area contributed by atoms with Crippen molar-refractivity contribution in [2.24, 2.45) is 0 Å². The second-order valence-corrected chi connectivity index (χ2v) is 5.47. The fourth-order valence-electron chi connectivity index (χ4n) is 1.40. The Morgan fingerprint density at radius 3 is 2.93 bits per heavy atom. The van der Waals surface area contributed by atoms with Crippen LogP contribution < -0.4 is 5.32 Å². The van der Waals surface area contributed by atoms with Crippen LogP contribution in [-0.4, -0.2) is 46.3 Å². The Morgan fingerprint density at radius 1 is 1.64 bits per heavy atom. The fourth-order valence-corrected chi connectivity index (χ4v) is 1.83. The molecule has 0 aromatic rings. The SMILES string of the molecule is CC(CCN1CCCNC1=O)S(C)=O. The molecule has 5 heteroatoms. The highest BCUT2D eigenvalue weighted by Crippen LogP contribution is 2.05. The average Bonchev–Trinajstić information content (AvgIpc) is 2.16. The highest BCUT2D eigenvalue weighted by atomic mass is 32.2. The molecule has 1 rings (SSSR count). The minimum Gasteiger partial charge on any atom is -0.338 e. The summed E-state index contributed by atoms with van der Waals surface area (Å²) in [4.78, 5) is 13.1. The molecule has 0 radical (unpaired) electrons. The molecule has 1 heterocycles. The van der Waals surface area contributed by atoms with Crippen LogP contribution in [0.25, 0.3) is 0 Å². The van der Waals surface area contributed by atoms with Crippen molar-refractivity contribution in [1.29, 1.82) is 0 Å². The van der Waals surface area contributed by atoms with Crippen molar-refractivity contribution >= 4 is 16.8 Å².